The Morgan fingerprint density at radius 2 is 1.89 bits per heavy atom. The summed E-state index contributed by atoms with van der Waals surface area (Å²) >= 11 is 0. The van der Waals surface area contributed by atoms with Crippen molar-refractivity contribution in [3.8, 4) is 5.75 Å². The first-order chi connectivity index (χ1) is 9.13. The van der Waals surface area contributed by atoms with E-state index in [0.29, 0.717) is 6.61 Å². The van der Waals surface area contributed by atoms with Gasteiger partial charge in [-0.05, 0) is 19.1 Å². The van der Waals surface area contributed by atoms with Gasteiger partial charge in [-0.3, -0.25) is 9.59 Å². The Hall–Kier alpha value is -2.04. The Balaban J connectivity index is 2.25. The molecule has 0 unspecified atom stereocenters. The van der Waals surface area contributed by atoms with Crippen molar-refractivity contribution in [2.45, 2.75) is 13.3 Å². The number of carbonyl (C=O) groups excluding carboxylic acids is 2. The lowest BCUT2D eigenvalue weighted by Crippen LogP contribution is -2.33. The van der Waals surface area contributed by atoms with Crippen LogP contribution in [0.2, 0.25) is 0 Å². The number of para-hydroxylation sites is 1. The van der Waals surface area contributed by atoms with Gasteiger partial charge in [-0.25, -0.2) is 0 Å². The lowest BCUT2D eigenvalue weighted by Gasteiger charge is -2.16. The van der Waals surface area contributed by atoms with Crippen LogP contribution < -0.4 is 4.74 Å². The van der Waals surface area contributed by atoms with Crippen molar-refractivity contribution in [3.05, 3.63) is 30.3 Å². The van der Waals surface area contributed by atoms with Crippen LogP contribution in [-0.2, 0) is 14.3 Å². The largest absolute Gasteiger partial charge is 0.493 e. The molecule has 0 aromatic heterocycles. The van der Waals surface area contributed by atoms with Crippen LogP contribution in [0.5, 0.6) is 5.75 Å². The molecule has 0 fully saturated rings. The van der Waals surface area contributed by atoms with E-state index in [1.165, 1.54) is 4.90 Å². The minimum Gasteiger partial charge on any atom is -0.493 e. The Kier molecular flexibility index (Phi) is 6.43. The van der Waals surface area contributed by atoms with Gasteiger partial charge in [0.2, 0.25) is 5.91 Å². The average Bonchev–Trinajstić information content (AvgIpc) is 2.40. The average molecular weight is 265 g/mol. The van der Waals surface area contributed by atoms with Gasteiger partial charge in [0.05, 0.1) is 19.6 Å². The second-order valence-electron chi connectivity index (χ2n) is 3.97. The zero-order valence-corrected chi connectivity index (χ0v) is 11.3. The highest BCUT2D eigenvalue weighted by Gasteiger charge is 2.13. The van der Waals surface area contributed by atoms with E-state index in [0.717, 1.165) is 5.75 Å². The number of benzene rings is 1. The fourth-order valence-corrected chi connectivity index (χ4v) is 1.45. The molecule has 1 aromatic rings. The van der Waals surface area contributed by atoms with Crippen LogP contribution in [0.4, 0.5) is 0 Å². The van der Waals surface area contributed by atoms with Gasteiger partial charge in [-0.15, -0.1) is 0 Å². The SMILES string of the molecule is CCOC(=O)CN(C)C(=O)CCOc1ccccc1. The summed E-state index contributed by atoms with van der Waals surface area (Å²) in [6, 6.07) is 9.28. The van der Waals surface area contributed by atoms with Gasteiger partial charge in [-0.2, -0.15) is 0 Å². The summed E-state index contributed by atoms with van der Waals surface area (Å²) in [6.07, 6.45) is 0.227. The summed E-state index contributed by atoms with van der Waals surface area (Å²) in [6.45, 7) is 2.30. The summed E-state index contributed by atoms with van der Waals surface area (Å²) in [7, 11) is 1.57. The van der Waals surface area contributed by atoms with E-state index in [9.17, 15) is 9.59 Å². The van der Waals surface area contributed by atoms with Crippen molar-refractivity contribution in [2.75, 3.05) is 26.8 Å². The molecule has 1 aromatic carbocycles. The van der Waals surface area contributed by atoms with Crippen LogP contribution >= 0.6 is 0 Å². The molecule has 5 nitrogen and oxygen atoms in total. The highest BCUT2D eigenvalue weighted by atomic mass is 16.5. The molecule has 1 amide bonds. The molecule has 0 bridgehead atoms. The molecular formula is C14H19NO4. The number of amides is 1. The molecule has 0 aliphatic carbocycles. The summed E-state index contributed by atoms with van der Waals surface area (Å²) in [5, 5.41) is 0. The van der Waals surface area contributed by atoms with Gasteiger partial charge >= 0.3 is 5.97 Å². The highest BCUT2D eigenvalue weighted by molar-refractivity contribution is 5.81. The maximum absolute atomic E-state index is 11.7. The first-order valence-corrected chi connectivity index (χ1v) is 6.21. The lowest BCUT2D eigenvalue weighted by molar-refractivity contribution is -0.148. The quantitative estimate of drug-likeness (QED) is 0.701. The highest BCUT2D eigenvalue weighted by Crippen LogP contribution is 2.08. The van der Waals surface area contributed by atoms with E-state index in [-0.39, 0.29) is 25.5 Å². The topological polar surface area (TPSA) is 55.8 Å². The third-order valence-electron chi connectivity index (χ3n) is 2.43. The molecule has 104 valence electrons. The molecule has 0 radical (unpaired) electrons. The van der Waals surface area contributed by atoms with Crippen molar-refractivity contribution < 1.29 is 19.1 Å². The van der Waals surface area contributed by atoms with Gasteiger partial charge in [0.15, 0.2) is 0 Å². The Morgan fingerprint density at radius 3 is 2.53 bits per heavy atom. The third kappa shape index (κ3) is 5.90. The second-order valence-corrected chi connectivity index (χ2v) is 3.97. The van der Waals surface area contributed by atoms with E-state index in [1.54, 1.807) is 14.0 Å². The zero-order valence-electron chi connectivity index (χ0n) is 11.3. The van der Waals surface area contributed by atoms with Gasteiger partial charge in [0.25, 0.3) is 0 Å². The number of carbonyl (C=O) groups is 2. The van der Waals surface area contributed by atoms with Gasteiger partial charge in [0.1, 0.15) is 12.3 Å². The molecule has 0 aliphatic rings. The molecule has 0 atom stereocenters. The molecule has 0 N–H and O–H groups in total. The van der Waals surface area contributed by atoms with E-state index in [4.69, 9.17) is 9.47 Å². The standard InChI is InChI=1S/C14H19NO4/c1-3-18-14(17)11-15(2)13(16)9-10-19-12-7-5-4-6-8-12/h4-8H,3,9-11H2,1-2H3. The van der Waals surface area contributed by atoms with Crippen molar-refractivity contribution >= 4 is 11.9 Å². The van der Waals surface area contributed by atoms with Crippen LogP contribution in [0.3, 0.4) is 0 Å². The summed E-state index contributed by atoms with van der Waals surface area (Å²) in [5.41, 5.74) is 0. The van der Waals surface area contributed by atoms with Crippen LogP contribution in [-0.4, -0.2) is 43.6 Å². The van der Waals surface area contributed by atoms with Crippen molar-refractivity contribution in [1.82, 2.24) is 4.90 Å². The van der Waals surface area contributed by atoms with E-state index >= 15 is 0 Å². The molecule has 0 saturated carbocycles. The zero-order chi connectivity index (χ0) is 14.1. The smallest absolute Gasteiger partial charge is 0.325 e. The summed E-state index contributed by atoms with van der Waals surface area (Å²) in [4.78, 5) is 24.3. The fraction of sp³-hybridized carbons (Fsp3) is 0.429. The first-order valence-electron chi connectivity index (χ1n) is 6.21. The molecular weight excluding hydrogens is 246 g/mol. The molecule has 19 heavy (non-hydrogen) atoms. The summed E-state index contributed by atoms with van der Waals surface area (Å²) < 4.78 is 10.2. The van der Waals surface area contributed by atoms with E-state index < -0.39 is 5.97 Å². The predicted octanol–water partition coefficient (Wildman–Crippen LogP) is 1.48. The third-order valence-corrected chi connectivity index (χ3v) is 2.43. The van der Waals surface area contributed by atoms with Crippen LogP contribution in [0, 0.1) is 0 Å². The monoisotopic (exact) mass is 265 g/mol. The molecule has 0 aliphatic heterocycles. The second kappa shape index (κ2) is 8.13. The first kappa shape index (κ1) is 15.0. The fourth-order valence-electron chi connectivity index (χ4n) is 1.45. The minimum absolute atomic E-state index is 0.0298. The molecule has 0 heterocycles. The Labute approximate surface area is 113 Å². The van der Waals surface area contributed by atoms with Gasteiger partial charge in [0, 0.05) is 7.05 Å². The Bertz CT molecular complexity index is 405. The number of esters is 1. The van der Waals surface area contributed by atoms with Crippen molar-refractivity contribution in [2.24, 2.45) is 0 Å². The van der Waals surface area contributed by atoms with E-state index in [2.05, 4.69) is 0 Å². The number of rotatable bonds is 7. The number of hydrogen-bond donors (Lipinski definition) is 0. The number of ether oxygens (including phenoxy) is 2. The van der Waals surface area contributed by atoms with Crippen LogP contribution in [0.1, 0.15) is 13.3 Å². The maximum Gasteiger partial charge on any atom is 0.325 e. The summed E-state index contributed by atoms with van der Waals surface area (Å²) in [5.74, 6) is 0.176. The molecule has 0 saturated heterocycles. The molecule has 1 rings (SSSR count). The van der Waals surface area contributed by atoms with E-state index in [1.807, 2.05) is 30.3 Å². The minimum atomic E-state index is -0.401. The van der Waals surface area contributed by atoms with Crippen LogP contribution in [0.15, 0.2) is 30.3 Å². The van der Waals surface area contributed by atoms with Gasteiger partial charge in [-0.1, -0.05) is 18.2 Å². The van der Waals surface area contributed by atoms with Crippen molar-refractivity contribution in [1.29, 1.82) is 0 Å². The maximum atomic E-state index is 11.7. The Morgan fingerprint density at radius 1 is 1.21 bits per heavy atom. The number of hydrogen-bond acceptors (Lipinski definition) is 4. The number of likely N-dealkylation sites (N-methyl/N-ethyl adjacent to an activating group) is 1. The number of nitrogens with zero attached hydrogens (tertiary/aromatic N) is 1. The normalized spacial score (nSPS) is 9.79. The predicted molar refractivity (Wildman–Crippen MR) is 70.8 cm³/mol. The lowest BCUT2D eigenvalue weighted by atomic mass is 10.3. The molecule has 0 spiro atoms. The van der Waals surface area contributed by atoms with Crippen molar-refractivity contribution in [3.63, 3.8) is 0 Å². The molecule has 5 heteroatoms. The van der Waals surface area contributed by atoms with Crippen LogP contribution in [0.25, 0.3) is 0 Å². The van der Waals surface area contributed by atoms with Gasteiger partial charge < -0.3 is 14.4 Å².